The zero-order chi connectivity index (χ0) is 15.9. The lowest BCUT2D eigenvalue weighted by Crippen LogP contribution is -1.93. The van der Waals surface area contributed by atoms with Crippen molar-refractivity contribution in [3.8, 4) is 17.2 Å². The number of hydrogen-bond acceptors (Lipinski definition) is 4. The summed E-state index contributed by atoms with van der Waals surface area (Å²) < 4.78 is 5.10. The number of methoxy groups -OCH3 is 1. The minimum absolute atomic E-state index is 0.141. The third kappa shape index (κ3) is 4.15. The maximum absolute atomic E-state index is 9.56. The monoisotopic (exact) mass is 302 g/mol. The summed E-state index contributed by atoms with van der Waals surface area (Å²) >= 11 is 0. The van der Waals surface area contributed by atoms with Crippen LogP contribution in [0.1, 0.15) is 29.5 Å². The minimum Gasteiger partial charge on any atom is -0.508 e. The predicted molar refractivity (Wildman–Crippen MR) is 85.3 cm³/mol. The number of unbranched alkanes of at least 4 members (excludes halogenated alkanes) is 1. The van der Waals surface area contributed by atoms with E-state index in [0.29, 0.717) is 11.3 Å². The summed E-state index contributed by atoms with van der Waals surface area (Å²) in [6, 6.07) is 10.8. The van der Waals surface area contributed by atoms with Crippen LogP contribution in [0.25, 0.3) is 0 Å². The van der Waals surface area contributed by atoms with Gasteiger partial charge in [-0.3, -0.25) is 0 Å². The van der Waals surface area contributed by atoms with Crippen LogP contribution < -0.4 is 4.74 Å². The number of aliphatic hydroxyl groups excluding tert-OH is 1. The van der Waals surface area contributed by atoms with Gasteiger partial charge in [0.2, 0.25) is 0 Å². The second-order valence-electron chi connectivity index (χ2n) is 5.33. The Balaban J connectivity index is 1.84. The number of aliphatic hydroxyl groups is 1. The molecule has 3 N–H and O–H groups in total. The van der Waals surface area contributed by atoms with Crippen molar-refractivity contribution in [1.29, 1.82) is 0 Å². The molecule has 0 atom stereocenters. The molecule has 2 aromatic carbocycles. The van der Waals surface area contributed by atoms with Crippen molar-refractivity contribution in [3.05, 3.63) is 53.1 Å². The van der Waals surface area contributed by atoms with E-state index in [1.54, 1.807) is 19.2 Å². The van der Waals surface area contributed by atoms with Gasteiger partial charge in [0.25, 0.3) is 0 Å². The lowest BCUT2D eigenvalue weighted by atomic mass is 10.0. The molecule has 0 radical (unpaired) electrons. The van der Waals surface area contributed by atoms with Gasteiger partial charge in [-0.25, -0.2) is 0 Å². The maximum Gasteiger partial charge on any atom is 0.160 e. The summed E-state index contributed by atoms with van der Waals surface area (Å²) in [7, 11) is 1.54. The maximum atomic E-state index is 9.56. The molecule has 0 aliphatic rings. The highest BCUT2D eigenvalue weighted by atomic mass is 16.5. The standard InChI is InChI=1S/C18H22O4/c1-22-18-11-14(7-9-17(18)21)5-3-2-4-13-6-8-16(20)15(10-13)12-19/h6-11,19-21H,2-5,12H2,1H3. The number of hydrogen-bond donors (Lipinski definition) is 3. The Labute approximate surface area is 130 Å². The summed E-state index contributed by atoms with van der Waals surface area (Å²) in [5.41, 5.74) is 2.82. The molecule has 2 rings (SSSR count). The zero-order valence-corrected chi connectivity index (χ0v) is 12.7. The van der Waals surface area contributed by atoms with E-state index < -0.39 is 0 Å². The number of rotatable bonds is 7. The highest BCUT2D eigenvalue weighted by Gasteiger charge is 2.04. The molecule has 0 heterocycles. The molecule has 2 aromatic rings. The number of phenols is 2. The van der Waals surface area contributed by atoms with E-state index in [1.165, 1.54) is 0 Å². The van der Waals surface area contributed by atoms with Gasteiger partial charge in [-0.1, -0.05) is 12.1 Å². The third-order valence-corrected chi connectivity index (χ3v) is 3.74. The number of aromatic hydroxyl groups is 2. The van der Waals surface area contributed by atoms with Crippen LogP contribution in [0.5, 0.6) is 17.2 Å². The molecule has 0 bridgehead atoms. The van der Waals surface area contributed by atoms with Gasteiger partial charge in [-0.15, -0.1) is 0 Å². The van der Waals surface area contributed by atoms with Crippen molar-refractivity contribution in [2.24, 2.45) is 0 Å². The smallest absolute Gasteiger partial charge is 0.160 e. The summed E-state index contributed by atoms with van der Waals surface area (Å²) in [6.45, 7) is -0.146. The van der Waals surface area contributed by atoms with Crippen molar-refractivity contribution in [2.45, 2.75) is 32.3 Å². The Hall–Kier alpha value is -2.20. The van der Waals surface area contributed by atoms with Crippen molar-refractivity contribution < 1.29 is 20.1 Å². The van der Waals surface area contributed by atoms with Crippen molar-refractivity contribution in [2.75, 3.05) is 7.11 Å². The van der Waals surface area contributed by atoms with Crippen LogP contribution in [0.4, 0.5) is 0 Å². The van der Waals surface area contributed by atoms with E-state index in [9.17, 15) is 10.2 Å². The Bertz CT molecular complexity index is 567. The molecule has 0 unspecified atom stereocenters. The van der Waals surface area contributed by atoms with Crippen LogP contribution in [-0.2, 0) is 19.4 Å². The molecule has 0 aromatic heterocycles. The molecule has 118 valence electrons. The first-order valence-corrected chi connectivity index (χ1v) is 7.41. The number of ether oxygens (including phenoxy) is 1. The van der Waals surface area contributed by atoms with Crippen LogP contribution in [-0.4, -0.2) is 22.4 Å². The van der Waals surface area contributed by atoms with Gasteiger partial charge in [0, 0.05) is 5.56 Å². The largest absolute Gasteiger partial charge is 0.508 e. The van der Waals surface area contributed by atoms with Gasteiger partial charge >= 0.3 is 0 Å². The van der Waals surface area contributed by atoms with Gasteiger partial charge in [0.15, 0.2) is 11.5 Å². The summed E-state index contributed by atoms with van der Waals surface area (Å²) in [4.78, 5) is 0. The first-order valence-electron chi connectivity index (χ1n) is 7.41. The normalized spacial score (nSPS) is 10.6. The molecule has 0 aliphatic carbocycles. The molecule has 0 aliphatic heterocycles. The van der Waals surface area contributed by atoms with Crippen LogP contribution >= 0.6 is 0 Å². The van der Waals surface area contributed by atoms with Crippen molar-refractivity contribution >= 4 is 0 Å². The number of benzene rings is 2. The first-order chi connectivity index (χ1) is 10.6. The Morgan fingerprint density at radius 1 is 0.864 bits per heavy atom. The predicted octanol–water partition coefficient (Wildman–Crippen LogP) is 3.16. The fourth-order valence-electron chi connectivity index (χ4n) is 2.46. The van der Waals surface area contributed by atoms with E-state index in [1.807, 2.05) is 24.3 Å². The van der Waals surface area contributed by atoms with E-state index in [4.69, 9.17) is 9.84 Å². The molecule has 4 nitrogen and oxygen atoms in total. The topological polar surface area (TPSA) is 69.9 Å². The minimum atomic E-state index is -0.146. The highest BCUT2D eigenvalue weighted by molar-refractivity contribution is 5.41. The summed E-state index contributed by atoms with van der Waals surface area (Å²) in [6.07, 6.45) is 3.85. The van der Waals surface area contributed by atoms with E-state index in [0.717, 1.165) is 36.8 Å². The van der Waals surface area contributed by atoms with Gasteiger partial charge < -0.3 is 20.1 Å². The average Bonchev–Trinajstić information content (AvgIpc) is 2.54. The Morgan fingerprint density at radius 3 is 2.05 bits per heavy atom. The van der Waals surface area contributed by atoms with Gasteiger partial charge in [0.1, 0.15) is 5.75 Å². The number of phenolic OH excluding ortho intramolecular Hbond substituents is 1. The van der Waals surface area contributed by atoms with Crippen molar-refractivity contribution in [1.82, 2.24) is 0 Å². The molecule has 4 heteroatoms. The first kappa shape index (κ1) is 16.2. The van der Waals surface area contributed by atoms with Gasteiger partial charge in [-0.2, -0.15) is 0 Å². The molecule has 0 saturated heterocycles. The Kier molecular flexibility index (Phi) is 5.67. The van der Waals surface area contributed by atoms with Crippen molar-refractivity contribution in [3.63, 3.8) is 0 Å². The quantitative estimate of drug-likeness (QED) is 0.687. The lowest BCUT2D eigenvalue weighted by Gasteiger charge is -2.08. The van der Waals surface area contributed by atoms with Gasteiger partial charge in [0.05, 0.1) is 13.7 Å². The Morgan fingerprint density at radius 2 is 1.45 bits per heavy atom. The fourth-order valence-corrected chi connectivity index (χ4v) is 2.46. The zero-order valence-electron chi connectivity index (χ0n) is 12.7. The van der Waals surface area contributed by atoms with Crippen LogP contribution in [0.2, 0.25) is 0 Å². The number of aryl methyl sites for hydroxylation is 2. The second-order valence-corrected chi connectivity index (χ2v) is 5.33. The van der Waals surface area contributed by atoms with E-state index >= 15 is 0 Å². The van der Waals surface area contributed by atoms with Crippen LogP contribution in [0, 0.1) is 0 Å². The molecule has 0 fully saturated rings. The summed E-state index contributed by atoms with van der Waals surface area (Å²) in [5, 5.41) is 28.2. The van der Waals surface area contributed by atoms with E-state index in [-0.39, 0.29) is 18.1 Å². The summed E-state index contributed by atoms with van der Waals surface area (Å²) in [5.74, 6) is 0.804. The van der Waals surface area contributed by atoms with E-state index in [2.05, 4.69) is 0 Å². The molecular formula is C18H22O4. The second kappa shape index (κ2) is 7.71. The molecule has 0 spiro atoms. The van der Waals surface area contributed by atoms with Crippen LogP contribution in [0.3, 0.4) is 0 Å². The SMILES string of the molecule is COc1cc(CCCCc2ccc(O)c(CO)c2)ccc1O. The molecule has 22 heavy (non-hydrogen) atoms. The third-order valence-electron chi connectivity index (χ3n) is 3.74. The highest BCUT2D eigenvalue weighted by Crippen LogP contribution is 2.27. The van der Waals surface area contributed by atoms with Gasteiger partial charge in [-0.05, 0) is 61.1 Å². The fraction of sp³-hybridized carbons (Fsp3) is 0.333. The van der Waals surface area contributed by atoms with Crippen LogP contribution in [0.15, 0.2) is 36.4 Å². The average molecular weight is 302 g/mol. The molecular weight excluding hydrogens is 280 g/mol. The molecule has 0 amide bonds. The molecule has 0 saturated carbocycles. The lowest BCUT2D eigenvalue weighted by molar-refractivity contribution is 0.275.